The number of hydrogen-bond acceptors (Lipinski definition) is 5. The first-order chi connectivity index (χ1) is 13.1. The standard InChI is InChI=1S/C22H15NO4/c1-14(24)15-7-9-16(10-8-15)20-12-11-18(26-20)13-19-21(23-27-22(19)25)17-5-3-2-4-6-17/h2-13H,1H3/b19-13+. The number of Topliss-reactive ketones (excluding diaryl/α,β-unsaturated/α-hetero) is 1. The zero-order valence-electron chi connectivity index (χ0n) is 14.5. The predicted octanol–water partition coefficient (Wildman–Crippen LogP) is 4.49. The second-order valence-corrected chi connectivity index (χ2v) is 6.08. The molecule has 5 heteroatoms. The minimum Gasteiger partial charge on any atom is -0.457 e. The van der Waals surface area contributed by atoms with Crippen molar-refractivity contribution in [1.82, 2.24) is 0 Å². The van der Waals surface area contributed by atoms with E-state index in [1.165, 1.54) is 6.92 Å². The SMILES string of the molecule is CC(=O)c1ccc(-c2ccc(/C=C3/C(=O)ON=C3c3ccccc3)o2)cc1. The van der Waals surface area contributed by atoms with Gasteiger partial charge >= 0.3 is 5.97 Å². The van der Waals surface area contributed by atoms with Gasteiger partial charge in [-0.05, 0) is 25.1 Å². The minimum absolute atomic E-state index is 0.0129. The normalized spacial score (nSPS) is 14.9. The van der Waals surface area contributed by atoms with Crippen molar-refractivity contribution in [3.05, 3.63) is 89.2 Å². The highest BCUT2D eigenvalue weighted by atomic mass is 16.7. The van der Waals surface area contributed by atoms with E-state index in [9.17, 15) is 9.59 Å². The summed E-state index contributed by atoms with van der Waals surface area (Å²) in [6.45, 7) is 1.53. The van der Waals surface area contributed by atoms with Crippen LogP contribution in [0.3, 0.4) is 0 Å². The van der Waals surface area contributed by atoms with Crippen LogP contribution in [0.4, 0.5) is 0 Å². The maximum atomic E-state index is 12.1. The first-order valence-corrected chi connectivity index (χ1v) is 8.40. The Morgan fingerprint density at radius 2 is 1.67 bits per heavy atom. The van der Waals surface area contributed by atoms with Gasteiger partial charge in [-0.1, -0.05) is 59.8 Å². The van der Waals surface area contributed by atoms with Crippen molar-refractivity contribution in [2.45, 2.75) is 6.92 Å². The molecule has 0 saturated carbocycles. The van der Waals surface area contributed by atoms with Crippen LogP contribution in [0.25, 0.3) is 17.4 Å². The predicted molar refractivity (Wildman–Crippen MR) is 101 cm³/mol. The molecule has 2 heterocycles. The Kier molecular flexibility index (Phi) is 4.26. The fourth-order valence-corrected chi connectivity index (χ4v) is 2.81. The number of carbonyl (C=O) groups excluding carboxylic acids is 2. The van der Waals surface area contributed by atoms with Gasteiger partial charge in [-0.15, -0.1) is 0 Å². The van der Waals surface area contributed by atoms with Crippen LogP contribution in [0.5, 0.6) is 0 Å². The summed E-state index contributed by atoms with van der Waals surface area (Å²) < 4.78 is 5.84. The summed E-state index contributed by atoms with van der Waals surface area (Å²) in [7, 11) is 0. The molecule has 0 N–H and O–H groups in total. The third-order valence-electron chi connectivity index (χ3n) is 4.23. The first kappa shape index (κ1) is 16.7. The van der Waals surface area contributed by atoms with Crippen molar-refractivity contribution < 1.29 is 18.8 Å². The fraction of sp³-hybridized carbons (Fsp3) is 0.0455. The van der Waals surface area contributed by atoms with E-state index >= 15 is 0 Å². The molecule has 1 aliphatic heterocycles. The molecule has 0 atom stereocenters. The molecule has 0 fully saturated rings. The van der Waals surface area contributed by atoms with Gasteiger partial charge in [0.2, 0.25) is 0 Å². The molecule has 1 aromatic heterocycles. The first-order valence-electron chi connectivity index (χ1n) is 8.40. The number of benzene rings is 2. The lowest BCUT2D eigenvalue weighted by atomic mass is 10.0. The van der Waals surface area contributed by atoms with E-state index in [1.807, 2.05) is 48.5 Å². The summed E-state index contributed by atoms with van der Waals surface area (Å²) in [6, 6.07) is 20.1. The lowest BCUT2D eigenvalue weighted by molar-refractivity contribution is -0.136. The topological polar surface area (TPSA) is 68.9 Å². The summed E-state index contributed by atoms with van der Waals surface area (Å²) in [4.78, 5) is 28.3. The van der Waals surface area contributed by atoms with Crippen molar-refractivity contribution in [3.63, 3.8) is 0 Å². The van der Waals surface area contributed by atoms with E-state index in [1.54, 1.807) is 24.3 Å². The van der Waals surface area contributed by atoms with E-state index in [2.05, 4.69) is 5.16 Å². The molecule has 5 nitrogen and oxygen atoms in total. The highest BCUT2D eigenvalue weighted by Gasteiger charge is 2.27. The van der Waals surface area contributed by atoms with Crippen molar-refractivity contribution >= 4 is 23.5 Å². The number of rotatable bonds is 4. The summed E-state index contributed by atoms with van der Waals surface area (Å²) in [5.74, 6) is 0.649. The summed E-state index contributed by atoms with van der Waals surface area (Å²) in [6.07, 6.45) is 1.62. The van der Waals surface area contributed by atoms with E-state index in [-0.39, 0.29) is 5.78 Å². The molecular weight excluding hydrogens is 342 g/mol. The molecule has 27 heavy (non-hydrogen) atoms. The molecule has 0 bridgehead atoms. The number of hydrogen-bond donors (Lipinski definition) is 0. The third kappa shape index (κ3) is 3.35. The molecule has 0 amide bonds. The van der Waals surface area contributed by atoms with E-state index in [0.29, 0.717) is 28.4 Å². The average molecular weight is 357 g/mol. The van der Waals surface area contributed by atoms with Crippen LogP contribution >= 0.6 is 0 Å². The van der Waals surface area contributed by atoms with Gasteiger partial charge in [0.1, 0.15) is 17.2 Å². The Labute approximate surface area is 155 Å². The number of oxime groups is 1. The molecular formula is C22H15NO4. The molecule has 0 aliphatic carbocycles. The molecule has 0 radical (unpaired) electrons. The van der Waals surface area contributed by atoms with Crippen LogP contribution in [-0.2, 0) is 9.63 Å². The maximum Gasteiger partial charge on any atom is 0.368 e. The third-order valence-corrected chi connectivity index (χ3v) is 4.23. The van der Waals surface area contributed by atoms with Crippen molar-refractivity contribution in [3.8, 4) is 11.3 Å². The lowest BCUT2D eigenvalue weighted by Crippen LogP contribution is -2.06. The fourth-order valence-electron chi connectivity index (χ4n) is 2.81. The van der Waals surface area contributed by atoms with Gasteiger partial charge < -0.3 is 9.25 Å². The van der Waals surface area contributed by atoms with Gasteiger partial charge in [0.25, 0.3) is 0 Å². The average Bonchev–Trinajstić information content (AvgIpc) is 3.30. The molecule has 132 valence electrons. The zero-order valence-corrected chi connectivity index (χ0v) is 14.5. The van der Waals surface area contributed by atoms with Crippen LogP contribution in [0.2, 0.25) is 0 Å². The summed E-state index contributed by atoms with van der Waals surface area (Å²) in [5, 5.41) is 3.88. The largest absolute Gasteiger partial charge is 0.457 e. The van der Waals surface area contributed by atoms with Gasteiger partial charge in [0, 0.05) is 16.7 Å². The highest BCUT2D eigenvalue weighted by molar-refractivity contribution is 6.31. The zero-order chi connectivity index (χ0) is 18.8. The molecule has 3 aromatic rings. The maximum absolute atomic E-state index is 12.1. The number of nitrogens with zero attached hydrogens (tertiary/aromatic N) is 1. The van der Waals surface area contributed by atoms with E-state index < -0.39 is 5.97 Å². The Hall–Kier alpha value is -3.73. The van der Waals surface area contributed by atoms with Crippen molar-refractivity contribution in [2.75, 3.05) is 0 Å². The highest BCUT2D eigenvalue weighted by Crippen LogP contribution is 2.26. The number of carbonyl (C=O) groups is 2. The number of furan rings is 1. The van der Waals surface area contributed by atoms with Gasteiger partial charge in [-0.2, -0.15) is 0 Å². The number of ketones is 1. The van der Waals surface area contributed by atoms with Gasteiger partial charge in [-0.25, -0.2) is 4.79 Å². The Balaban J connectivity index is 1.64. The van der Waals surface area contributed by atoms with E-state index in [0.717, 1.165) is 11.1 Å². The lowest BCUT2D eigenvalue weighted by Gasteiger charge is -2.00. The molecule has 4 rings (SSSR count). The molecule has 0 unspecified atom stereocenters. The summed E-state index contributed by atoms with van der Waals surface area (Å²) >= 11 is 0. The quantitative estimate of drug-likeness (QED) is 0.392. The van der Waals surface area contributed by atoms with Crippen LogP contribution in [0, 0.1) is 0 Å². The molecule has 2 aromatic carbocycles. The molecule has 0 spiro atoms. The molecule has 0 saturated heterocycles. The van der Waals surface area contributed by atoms with Crippen molar-refractivity contribution in [1.29, 1.82) is 0 Å². The summed E-state index contributed by atoms with van der Waals surface area (Å²) in [5.41, 5.74) is 3.10. The molecule has 1 aliphatic rings. The van der Waals surface area contributed by atoms with Gasteiger partial charge in [0.05, 0.1) is 5.57 Å². The smallest absolute Gasteiger partial charge is 0.368 e. The Morgan fingerprint density at radius 1 is 0.926 bits per heavy atom. The second kappa shape index (κ2) is 6.88. The van der Waals surface area contributed by atoms with Crippen LogP contribution in [0.1, 0.15) is 28.6 Å². The van der Waals surface area contributed by atoms with Crippen LogP contribution in [-0.4, -0.2) is 17.5 Å². The van der Waals surface area contributed by atoms with Gasteiger partial charge in [0.15, 0.2) is 5.78 Å². The monoisotopic (exact) mass is 357 g/mol. The Morgan fingerprint density at radius 3 is 2.37 bits per heavy atom. The van der Waals surface area contributed by atoms with Gasteiger partial charge in [-0.3, -0.25) is 4.79 Å². The minimum atomic E-state index is -0.516. The van der Waals surface area contributed by atoms with Crippen LogP contribution < -0.4 is 0 Å². The second-order valence-electron chi connectivity index (χ2n) is 6.08. The van der Waals surface area contributed by atoms with Crippen LogP contribution in [0.15, 0.2) is 81.9 Å². The van der Waals surface area contributed by atoms with E-state index in [4.69, 9.17) is 9.25 Å². The Bertz CT molecular complexity index is 1070. The van der Waals surface area contributed by atoms with Crippen molar-refractivity contribution in [2.24, 2.45) is 5.16 Å².